The fourth-order valence-corrected chi connectivity index (χ4v) is 4.55. The van der Waals surface area contributed by atoms with Crippen LogP contribution in [0, 0.1) is 5.92 Å². The van der Waals surface area contributed by atoms with E-state index in [1.165, 1.54) is 5.56 Å². The van der Waals surface area contributed by atoms with Crippen molar-refractivity contribution < 1.29 is 19.0 Å². The first kappa shape index (κ1) is 20.9. The Bertz CT molecular complexity index is 835. The molecule has 5 nitrogen and oxygen atoms in total. The van der Waals surface area contributed by atoms with Crippen molar-refractivity contribution in [2.45, 2.75) is 44.3 Å². The highest BCUT2D eigenvalue weighted by Crippen LogP contribution is 2.39. The van der Waals surface area contributed by atoms with Gasteiger partial charge in [0.15, 0.2) is 5.79 Å². The van der Waals surface area contributed by atoms with E-state index in [0.29, 0.717) is 37.0 Å². The zero-order chi connectivity index (χ0) is 20.8. The minimum absolute atomic E-state index is 0.0727. The molecule has 2 aliphatic rings. The molecule has 5 heteroatoms. The number of ether oxygens (including phenoxy) is 3. The third-order valence-corrected chi connectivity index (χ3v) is 6.28. The van der Waals surface area contributed by atoms with Gasteiger partial charge in [0.05, 0.1) is 25.9 Å². The number of benzene rings is 2. The van der Waals surface area contributed by atoms with Crippen molar-refractivity contribution in [3.63, 3.8) is 0 Å². The summed E-state index contributed by atoms with van der Waals surface area (Å²) in [5, 5.41) is 3.09. The Morgan fingerprint density at radius 1 is 1.07 bits per heavy atom. The molecule has 0 radical (unpaired) electrons. The molecule has 1 saturated carbocycles. The van der Waals surface area contributed by atoms with Crippen LogP contribution < -0.4 is 10.1 Å². The molecule has 1 aliphatic heterocycles. The van der Waals surface area contributed by atoms with E-state index in [4.69, 9.17) is 14.2 Å². The molecular weight excluding hydrogens is 378 g/mol. The Hall–Kier alpha value is -2.37. The van der Waals surface area contributed by atoms with Crippen molar-refractivity contribution in [3.05, 3.63) is 65.2 Å². The van der Waals surface area contributed by atoms with Crippen LogP contribution in [0.15, 0.2) is 48.5 Å². The maximum absolute atomic E-state index is 12.8. The van der Waals surface area contributed by atoms with Gasteiger partial charge in [-0.15, -0.1) is 0 Å². The zero-order valence-electron chi connectivity index (χ0n) is 17.7. The predicted molar refractivity (Wildman–Crippen MR) is 116 cm³/mol. The molecule has 1 saturated heterocycles. The summed E-state index contributed by atoms with van der Waals surface area (Å²) in [6.45, 7) is 2.10. The number of hydrogen-bond donors (Lipinski definition) is 1. The second-order valence-electron chi connectivity index (χ2n) is 8.29. The Morgan fingerprint density at radius 2 is 1.80 bits per heavy atom. The van der Waals surface area contributed by atoms with Crippen LogP contribution in [0.2, 0.25) is 0 Å². The van der Waals surface area contributed by atoms with E-state index in [-0.39, 0.29) is 11.7 Å². The molecule has 0 bridgehead atoms. The normalized spacial score (nSPS) is 18.4. The highest BCUT2D eigenvalue weighted by Gasteiger charge is 2.40. The maximum atomic E-state index is 12.8. The summed E-state index contributed by atoms with van der Waals surface area (Å²) < 4.78 is 17.0. The van der Waals surface area contributed by atoms with Gasteiger partial charge >= 0.3 is 0 Å². The van der Waals surface area contributed by atoms with Crippen LogP contribution in [0.3, 0.4) is 0 Å². The highest BCUT2D eigenvalue weighted by molar-refractivity contribution is 5.97. The number of carbonyl (C=O) groups is 1. The Balaban J connectivity index is 1.30. The Morgan fingerprint density at radius 3 is 2.50 bits per heavy atom. The molecular formula is C25H31NO4. The Labute approximate surface area is 178 Å². The lowest BCUT2D eigenvalue weighted by molar-refractivity contribution is -0.182. The van der Waals surface area contributed by atoms with E-state index in [9.17, 15) is 4.79 Å². The fraction of sp³-hybridized carbons (Fsp3) is 0.480. The van der Waals surface area contributed by atoms with Gasteiger partial charge in [-0.3, -0.25) is 4.79 Å². The van der Waals surface area contributed by atoms with E-state index in [0.717, 1.165) is 44.1 Å². The summed E-state index contributed by atoms with van der Waals surface area (Å²) in [4.78, 5) is 12.8. The van der Waals surface area contributed by atoms with E-state index >= 15 is 0 Å². The van der Waals surface area contributed by atoms with Crippen LogP contribution in [-0.2, 0) is 15.9 Å². The number of amides is 1. The van der Waals surface area contributed by atoms with Gasteiger partial charge < -0.3 is 19.5 Å². The molecule has 1 spiro atoms. The molecule has 160 valence electrons. The van der Waals surface area contributed by atoms with Crippen molar-refractivity contribution in [1.82, 2.24) is 5.32 Å². The molecule has 0 atom stereocenters. The lowest BCUT2D eigenvalue weighted by Crippen LogP contribution is -2.36. The van der Waals surface area contributed by atoms with Gasteiger partial charge in [-0.05, 0) is 54.9 Å². The average molecular weight is 410 g/mol. The summed E-state index contributed by atoms with van der Waals surface area (Å²) in [6, 6.07) is 16.1. The van der Waals surface area contributed by atoms with E-state index in [2.05, 4.69) is 17.4 Å². The summed E-state index contributed by atoms with van der Waals surface area (Å²) in [5.74, 6) is 0.831. The van der Waals surface area contributed by atoms with Crippen LogP contribution >= 0.6 is 0 Å². The lowest BCUT2D eigenvalue weighted by atomic mass is 9.83. The second-order valence-corrected chi connectivity index (χ2v) is 8.29. The van der Waals surface area contributed by atoms with E-state index in [1.54, 1.807) is 7.11 Å². The van der Waals surface area contributed by atoms with Crippen molar-refractivity contribution in [2.75, 3.05) is 26.9 Å². The van der Waals surface area contributed by atoms with Crippen molar-refractivity contribution in [3.8, 4) is 5.75 Å². The summed E-state index contributed by atoms with van der Waals surface area (Å²) in [7, 11) is 1.61. The summed E-state index contributed by atoms with van der Waals surface area (Å²) in [6.07, 6.45) is 5.87. The first-order valence-corrected chi connectivity index (χ1v) is 10.9. The summed E-state index contributed by atoms with van der Waals surface area (Å²) >= 11 is 0. The largest absolute Gasteiger partial charge is 0.496 e. The van der Waals surface area contributed by atoms with Crippen LogP contribution in [0.1, 0.15) is 53.6 Å². The van der Waals surface area contributed by atoms with E-state index < -0.39 is 0 Å². The van der Waals surface area contributed by atoms with Gasteiger partial charge in [-0.1, -0.05) is 36.4 Å². The maximum Gasteiger partial charge on any atom is 0.255 e. The third-order valence-electron chi connectivity index (χ3n) is 6.28. The Kier molecular flexibility index (Phi) is 6.70. The molecule has 30 heavy (non-hydrogen) atoms. The van der Waals surface area contributed by atoms with Gasteiger partial charge in [0.25, 0.3) is 5.91 Å². The molecule has 2 aromatic rings. The van der Waals surface area contributed by atoms with Gasteiger partial charge in [-0.25, -0.2) is 0 Å². The molecule has 1 amide bonds. The third kappa shape index (κ3) is 5.02. The minimum Gasteiger partial charge on any atom is -0.496 e. The van der Waals surface area contributed by atoms with Crippen molar-refractivity contribution in [2.24, 2.45) is 5.92 Å². The van der Waals surface area contributed by atoms with Crippen molar-refractivity contribution in [1.29, 1.82) is 0 Å². The predicted octanol–water partition coefficient (Wildman–Crippen LogP) is 4.34. The standard InChI is InChI=1S/C25H31NO4/c1-28-23-8-7-21(17-20-5-3-2-4-6-20)18-22(23)24(27)26-14-11-19-9-12-25(13-10-19)29-15-16-30-25/h2-8,18-19H,9-17H2,1H3,(H,26,27). The molecule has 0 aromatic heterocycles. The van der Waals surface area contributed by atoms with Crippen molar-refractivity contribution >= 4 is 5.91 Å². The first-order chi connectivity index (χ1) is 14.7. The average Bonchev–Trinajstić information content (AvgIpc) is 3.24. The molecule has 1 aliphatic carbocycles. The van der Waals surface area contributed by atoms with Gasteiger partial charge in [0.1, 0.15) is 5.75 Å². The number of hydrogen-bond acceptors (Lipinski definition) is 4. The number of nitrogens with one attached hydrogen (secondary N) is 1. The monoisotopic (exact) mass is 409 g/mol. The molecule has 4 rings (SSSR count). The van der Waals surface area contributed by atoms with E-state index in [1.807, 2.05) is 36.4 Å². The molecule has 1 N–H and O–H groups in total. The molecule has 1 heterocycles. The lowest BCUT2D eigenvalue weighted by Gasteiger charge is -2.35. The number of carbonyl (C=O) groups excluding carboxylic acids is 1. The van der Waals surface area contributed by atoms with Crippen LogP contribution in [0.4, 0.5) is 0 Å². The number of methoxy groups -OCH3 is 1. The molecule has 2 aromatic carbocycles. The summed E-state index contributed by atoms with van der Waals surface area (Å²) in [5.41, 5.74) is 2.92. The first-order valence-electron chi connectivity index (χ1n) is 10.9. The smallest absolute Gasteiger partial charge is 0.255 e. The van der Waals surface area contributed by atoms with Crippen LogP contribution in [0.25, 0.3) is 0 Å². The number of rotatable bonds is 7. The van der Waals surface area contributed by atoms with Crippen LogP contribution in [-0.4, -0.2) is 38.6 Å². The molecule has 2 fully saturated rings. The van der Waals surface area contributed by atoms with Crippen LogP contribution in [0.5, 0.6) is 5.75 Å². The fourth-order valence-electron chi connectivity index (χ4n) is 4.55. The minimum atomic E-state index is -0.313. The quantitative estimate of drug-likeness (QED) is 0.739. The SMILES string of the molecule is COc1ccc(Cc2ccccc2)cc1C(=O)NCCC1CCC2(CC1)OCCO2. The van der Waals surface area contributed by atoms with Gasteiger partial charge in [0.2, 0.25) is 0 Å². The topological polar surface area (TPSA) is 56.8 Å². The second kappa shape index (κ2) is 9.63. The van der Waals surface area contributed by atoms with Gasteiger partial charge in [-0.2, -0.15) is 0 Å². The molecule has 0 unspecified atom stereocenters. The van der Waals surface area contributed by atoms with Gasteiger partial charge in [0, 0.05) is 19.4 Å². The zero-order valence-corrected chi connectivity index (χ0v) is 17.7. The highest BCUT2D eigenvalue weighted by atomic mass is 16.7.